The summed E-state index contributed by atoms with van der Waals surface area (Å²) in [4.78, 5) is 70.8. The number of guanidine groups is 1. The van der Waals surface area contributed by atoms with Crippen molar-refractivity contribution in [2.75, 3.05) is 13.2 Å². The van der Waals surface area contributed by atoms with Gasteiger partial charge in [-0.05, 0) is 31.4 Å². The van der Waals surface area contributed by atoms with Gasteiger partial charge in [0.15, 0.2) is 5.96 Å². The maximum absolute atomic E-state index is 11.4. The van der Waals surface area contributed by atoms with Crippen LogP contribution < -0.4 is 33.2 Å². The Labute approximate surface area is 366 Å². The summed E-state index contributed by atoms with van der Waals surface area (Å²) < 4.78 is 15.9. The molecule has 0 aromatic carbocycles. The molecule has 366 valence electrons. The van der Waals surface area contributed by atoms with Gasteiger partial charge in [0.2, 0.25) is 23.5 Å². The first-order valence-corrected chi connectivity index (χ1v) is 19.8. The molecule has 2 aliphatic heterocycles. The van der Waals surface area contributed by atoms with E-state index in [4.69, 9.17) is 56.9 Å². The monoisotopic (exact) mass is 925 g/mol. The van der Waals surface area contributed by atoms with Crippen LogP contribution in [-0.2, 0) is 43.0 Å². The van der Waals surface area contributed by atoms with E-state index < -0.39 is 140 Å². The van der Waals surface area contributed by atoms with Crippen molar-refractivity contribution in [1.82, 2.24) is 16.0 Å². The van der Waals surface area contributed by atoms with Gasteiger partial charge < -0.3 is 104 Å². The number of aliphatic hydroxyl groups excluding tert-OH is 7. The molecule has 0 radical (unpaired) electrons. The number of hydrogen-bond acceptors (Lipinski definition) is 19. The van der Waals surface area contributed by atoms with Gasteiger partial charge in [0, 0.05) is 38.8 Å². The van der Waals surface area contributed by atoms with E-state index in [2.05, 4.69) is 20.9 Å². The van der Waals surface area contributed by atoms with Crippen LogP contribution in [0.5, 0.6) is 0 Å². The minimum atomic E-state index is -2.78. The topological polar surface area (TPSA) is 479 Å². The number of carbonyl (C=O) groups excluding carboxylic acids is 3. The first-order valence-electron chi connectivity index (χ1n) is 19.8. The number of amides is 3. The fourth-order valence-corrected chi connectivity index (χ4v) is 6.68. The molecule has 64 heavy (non-hydrogen) atoms. The van der Waals surface area contributed by atoms with E-state index in [0.717, 1.165) is 25.8 Å². The summed E-state index contributed by atoms with van der Waals surface area (Å²) in [6.07, 6.45) is -8.16. The van der Waals surface area contributed by atoms with Gasteiger partial charge in [0.1, 0.15) is 36.6 Å². The van der Waals surface area contributed by atoms with Crippen LogP contribution in [0.25, 0.3) is 0 Å². The first-order chi connectivity index (χ1) is 29.7. The summed E-state index contributed by atoms with van der Waals surface area (Å²) in [5.41, 5.74) is 16.8. The third-order valence-corrected chi connectivity index (χ3v) is 9.85. The summed E-state index contributed by atoms with van der Waals surface area (Å²) in [5.74, 6) is -9.25. The summed E-state index contributed by atoms with van der Waals surface area (Å²) in [5, 5.41) is 111. The third kappa shape index (κ3) is 16.8. The van der Waals surface area contributed by atoms with Crippen LogP contribution in [0.3, 0.4) is 0 Å². The molecule has 3 rings (SSSR count). The Morgan fingerprint density at radius 3 is 1.72 bits per heavy atom. The number of carboxylic acids is 3. The molecule has 27 heteroatoms. The van der Waals surface area contributed by atoms with E-state index in [-0.39, 0.29) is 30.0 Å². The Bertz CT molecular complexity index is 1690. The van der Waals surface area contributed by atoms with Crippen molar-refractivity contribution >= 4 is 41.6 Å². The minimum Gasteiger partial charge on any atom is -0.478 e. The molecule has 0 bridgehead atoms. The number of aliphatic carboxylic acids is 3. The molecule has 27 nitrogen and oxygen atoms in total. The molecular formula is C37H63N7O20. The van der Waals surface area contributed by atoms with E-state index in [9.17, 15) is 59.4 Å². The number of nitrogens with zero attached hydrogens (tertiary/aromatic N) is 1. The largest absolute Gasteiger partial charge is 0.478 e. The van der Waals surface area contributed by atoms with Crippen LogP contribution in [0, 0.1) is 0 Å². The van der Waals surface area contributed by atoms with Crippen molar-refractivity contribution in [3.8, 4) is 0 Å². The highest BCUT2D eigenvalue weighted by Crippen LogP contribution is 2.31. The SMILES string of the molecule is CC(=O)N[C@H]1[C@H]([C@@H](O)[C@@H](O)CO)OC(C(=O)O)=C[C@@H]1N=C(N)N.CC(=O)N[C@H]1[C@H]([C@@H](O)[C@@H](O)CO)O[C@@](O)(C(=O)O)C[C@@H]1O.CCC(CC)O[C@@H]1C=C(C(=O)O)C[C@H](N)[C@H]1NC(C)=O. The smallest absolute Gasteiger partial charge is 0.370 e. The molecule has 1 saturated heterocycles. The second-order valence-corrected chi connectivity index (χ2v) is 15.0. The Morgan fingerprint density at radius 2 is 1.30 bits per heavy atom. The lowest BCUT2D eigenvalue weighted by atomic mass is 9.88. The lowest BCUT2D eigenvalue weighted by Gasteiger charge is -2.44. The van der Waals surface area contributed by atoms with Crippen LogP contribution in [0.1, 0.15) is 60.3 Å². The van der Waals surface area contributed by atoms with Gasteiger partial charge >= 0.3 is 17.9 Å². The van der Waals surface area contributed by atoms with E-state index in [1.807, 2.05) is 13.8 Å². The van der Waals surface area contributed by atoms with Crippen molar-refractivity contribution in [1.29, 1.82) is 0 Å². The predicted molar refractivity (Wildman–Crippen MR) is 217 cm³/mol. The molecule has 3 aliphatic rings. The molecule has 2 heterocycles. The zero-order valence-corrected chi connectivity index (χ0v) is 35.8. The molecule has 0 aromatic rings. The first kappa shape index (κ1) is 56.9. The number of aliphatic hydroxyl groups is 8. The number of aliphatic imine (C=N–C) groups is 1. The summed E-state index contributed by atoms with van der Waals surface area (Å²) in [6, 6.07) is -4.23. The van der Waals surface area contributed by atoms with Crippen molar-refractivity contribution in [3.63, 3.8) is 0 Å². The van der Waals surface area contributed by atoms with Crippen LogP contribution in [-0.4, -0.2) is 202 Å². The second-order valence-electron chi connectivity index (χ2n) is 15.0. The third-order valence-electron chi connectivity index (χ3n) is 9.85. The van der Waals surface area contributed by atoms with Crippen molar-refractivity contribution in [2.24, 2.45) is 22.2 Å². The molecule has 1 fully saturated rings. The number of rotatable bonds is 17. The summed E-state index contributed by atoms with van der Waals surface area (Å²) >= 11 is 0. The zero-order valence-electron chi connectivity index (χ0n) is 35.8. The van der Waals surface area contributed by atoms with Crippen molar-refractivity contribution in [3.05, 3.63) is 23.5 Å². The van der Waals surface area contributed by atoms with E-state index in [0.29, 0.717) is 0 Å². The highest BCUT2D eigenvalue weighted by molar-refractivity contribution is 5.87. The minimum absolute atomic E-state index is 0.0212. The van der Waals surface area contributed by atoms with Gasteiger partial charge in [-0.1, -0.05) is 13.8 Å². The van der Waals surface area contributed by atoms with Crippen LogP contribution in [0.2, 0.25) is 0 Å². The fourth-order valence-electron chi connectivity index (χ4n) is 6.68. The van der Waals surface area contributed by atoms with E-state index in [1.165, 1.54) is 13.8 Å². The zero-order chi connectivity index (χ0) is 49.4. The molecule has 0 saturated carbocycles. The highest BCUT2D eigenvalue weighted by Gasteiger charge is 2.54. The number of nitrogens with two attached hydrogens (primary N) is 3. The molecule has 20 N–H and O–H groups in total. The normalized spacial score (nSPS) is 29.4. The van der Waals surface area contributed by atoms with E-state index >= 15 is 0 Å². The molecule has 3 amide bonds. The van der Waals surface area contributed by atoms with E-state index in [1.54, 1.807) is 6.08 Å². The van der Waals surface area contributed by atoms with Gasteiger partial charge in [0.25, 0.3) is 5.79 Å². The maximum atomic E-state index is 11.4. The average molecular weight is 926 g/mol. The lowest BCUT2D eigenvalue weighted by Crippen LogP contribution is -2.67. The maximum Gasteiger partial charge on any atom is 0.370 e. The van der Waals surface area contributed by atoms with Crippen molar-refractivity contribution in [2.45, 2.75) is 151 Å². The highest BCUT2D eigenvalue weighted by atomic mass is 16.7. The predicted octanol–water partition coefficient (Wildman–Crippen LogP) is -6.85. The fraction of sp³-hybridized carbons (Fsp3) is 0.703. The molecule has 0 unspecified atom stereocenters. The van der Waals surface area contributed by atoms with Gasteiger partial charge in [-0.15, -0.1) is 0 Å². The Kier molecular flexibility index (Phi) is 23.2. The molecule has 0 spiro atoms. The number of ether oxygens (including phenoxy) is 3. The molecule has 1 aliphatic carbocycles. The van der Waals surface area contributed by atoms with Crippen LogP contribution in [0.4, 0.5) is 0 Å². The number of nitrogens with one attached hydrogen (secondary N) is 3. The quantitative estimate of drug-likeness (QED) is 0.0476. The number of carboxylic acid groups (broad SMARTS) is 3. The summed E-state index contributed by atoms with van der Waals surface area (Å²) in [7, 11) is 0. The molecule has 0 aromatic heterocycles. The van der Waals surface area contributed by atoms with Gasteiger partial charge in [0.05, 0.1) is 55.7 Å². The van der Waals surface area contributed by atoms with Gasteiger partial charge in [-0.25, -0.2) is 19.4 Å². The molecular weight excluding hydrogens is 862 g/mol. The summed E-state index contributed by atoms with van der Waals surface area (Å²) in [6.45, 7) is 6.07. The Morgan fingerprint density at radius 1 is 0.812 bits per heavy atom. The second kappa shape index (κ2) is 26.0. The lowest BCUT2D eigenvalue weighted by molar-refractivity contribution is -0.295. The Balaban J connectivity index is 0.000000481. The van der Waals surface area contributed by atoms with Gasteiger partial charge in [-0.2, -0.15) is 0 Å². The average Bonchev–Trinajstić information content (AvgIpc) is 3.20. The van der Waals surface area contributed by atoms with Gasteiger partial charge in [-0.3, -0.25) is 14.4 Å². The van der Waals surface area contributed by atoms with Crippen LogP contribution >= 0.6 is 0 Å². The Hall–Kier alpha value is -5.07. The van der Waals surface area contributed by atoms with Crippen LogP contribution in [0.15, 0.2) is 28.5 Å². The standard InChI is InChI=1S/C14H24N2O4.C12H20N4O7.C11H19NO9/c1-4-10(5-2)20-12-7-9(14(18)19)6-11(15)13(12)16-8(3)17;1-4(18)15-8-5(16-12(13)14)2-7(11(21)22)23-10(8)9(20)6(19)3-17;1-4(14)12-7-5(15)2-11(20,10(18)19)21-9(7)8(17)6(16)3-13/h7,10-13H,4-6,15H2,1-3H3,(H,16,17)(H,18,19);2,5-6,8-10,17,19-20H,3H2,1H3,(H,15,18)(H,21,22)(H4,13,14,16);5-9,13,15-17,20H,2-3H2,1H3,(H,12,14)(H,18,19)/t11-,12+,13+;5-,6-,8+,9-,10+;5-,6-,7+,8-,9+,11+/m000/s1. The number of hydrogen-bond donors (Lipinski definition) is 17. The number of carbonyl (C=O) groups is 6. The molecule has 14 atom stereocenters. The van der Waals surface area contributed by atoms with Crippen molar-refractivity contribution < 1.29 is 99.1 Å².